The van der Waals surface area contributed by atoms with E-state index >= 15 is 0 Å². The lowest BCUT2D eigenvalue weighted by Gasteiger charge is -2.10. The van der Waals surface area contributed by atoms with E-state index < -0.39 is 0 Å². The second-order valence-electron chi connectivity index (χ2n) is 5.90. The molecule has 0 N–H and O–H groups in total. The van der Waals surface area contributed by atoms with Gasteiger partial charge in [0.15, 0.2) is 5.78 Å². The smallest absolute Gasteiger partial charge is 0.173 e. The summed E-state index contributed by atoms with van der Waals surface area (Å²) in [4.78, 5) is 12.3. The minimum atomic E-state index is 0.0698. The highest BCUT2D eigenvalue weighted by molar-refractivity contribution is 7.99. The Morgan fingerprint density at radius 3 is 2.37 bits per heavy atom. The molecule has 5 nitrogen and oxygen atoms in total. The van der Waals surface area contributed by atoms with Crippen molar-refractivity contribution in [2.45, 2.75) is 11.9 Å². The van der Waals surface area contributed by atoms with E-state index in [4.69, 9.17) is 9.47 Å². The predicted octanol–water partition coefficient (Wildman–Crippen LogP) is 4.44. The number of ketones is 1. The Balaban J connectivity index is 1.70. The van der Waals surface area contributed by atoms with Gasteiger partial charge in [0.2, 0.25) is 0 Å². The number of hydrogen-bond donors (Lipinski definition) is 0. The van der Waals surface area contributed by atoms with Crippen LogP contribution in [0.4, 0.5) is 0 Å². The average molecular weight is 380 g/mol. The third-order valence-corrected chi connectivity index (χ3v) is 4.97. The highest BCUT2D eigenvalue weighted by Gasteiger charge is 2.11. The maximum absolute atomic E-state index is 12.3. The summed E-state index contributed by atoms with van der Waals surface area (Å²) in [6.07, 6.45) is 0. The number of carbonyl (C=O) groups excluding carboxylic acids is 1. The van der Waals surface area contributed by atoms with Crippen molar-refractivity contribution in [3.63, 3.8) is 0 Å². The van der Waals surface area contributed by atoms with E-state index in [0.717, 1.165) is 16.9 Å². The molecule has 0 saturated heterocycles. The molecule has 0 aliphatic heterocycles. The van der Waals surface area contributed by atoms with Crippen LogP contribution in [0.5, 0.6) is 11.5 Å². The van der Waals surface area contributed by atoms with Gasteiger partial charge in [-0.3, -0.25) is 4.79 Å². The molecular weight excluding hydrogens is 360 g/mol. The topological polar surface area (TPSA) is 61.3 Å². The minimum absolute atomic E-state index is 0.0698. The standard InChI is InChI=1S/C21H20N2O3S/c1-14-4-6-15(7-5-14)19(24)13-27-21-11-9-18(22-23-21)17-12-16(25-2)8-10-20(17)26-3/h4-12H,13H2,1-3H3. The lowest BCUT2D eigenvalue weighted by molar-refractivity contribution is 0.102. The average Bonchev–Trinajstić information content (AvgIpc) is 2.72. The van der Waals surface area contributed by atoms with E-state index in [-0.39, 0.29) is 5.78 Å². The second kappa shape index (κ2) is 8.68. The molecule has 1 aromatic heterocycles. The molecule has 1 heterocycles. The van der Waals surface area contributed by atoms with Crippen LogP contribution >= 0.6 is 11.8 Å². The first-order valence-electron chi connectivity index (χ1n) is 8.39. The SMILES string of the molecule is COc1ccc(OC)c(-c2ccc(SCC(=O)c3ccc(C)cc3)nn2)c1. The Morgan fingerprint density at radius 2 is 1.74 bits per heavy atom. The molecule has 3 aromatic rings. The number of thioether (sulfide) groups is 1. The van der Waals surface area contributed by atoms with Gasteiger partial charge in [0.05, 0.1) is 25.7 Å². The third-order valence-electron chi connectivity index (χ3n) is 4.05. The van der Waals surface area contributed by atoms with Crippen LogP contribution in [0, 0.1) is 6.92 Å². The van der Waals surface area contributed by atoms with E-state index in [1.54, 1.807) is 14.2 Å². The van der Waals surface area contributed by atoms with Gasteiger partial charge in [-0.1, -0.05) is 41.6 Å². The van der Waals surface area contributed by atoms with Crippen LogP contribution in [0.25, 0.3) is 11.3 Å². The molecule has 0 spiro atoms. The van der Waals surface area contributed by atoms with Gasteiger partial charge in [0.25, 0.3) is 0 Å². The Kier molecular flexibility index (Phi) is 6.08. The number of benzene rings is 2. The monoisotopic (exact) mass is 380 g/mol. The number of ether oxygens (including phenoxy) is 2. The molecule has 0 aliphatic rings. The zero-order chi connectivity index (χ0) is 19.2. The molecule has 27 heavy (non-hydrogen) atoms. The predicted molar refractivity (Wildman–Crippen MR) is 107 cm³/mol. The highest BCUT2D eigenvalue weighted by Crippen LogP contribution is 2.32. The lowest BCUT2D eigenvalue weighted by Crippen LogP contribution is -2.02. The molecule has 0 atom stereocenters. The summed E-state index contributed by atoms with van der Waals surface area (Å²) in [5.41, 5.74) is 3.32. The van der Waals surface area contributed by atoms with E-state index in [2.05, 4.69) is 10.2 Å². The van der Waals surface area contributed by atoms with Gasteiger partial charge >= 0.3 is 0 Å². The summed E-state index contributed by atoms with van der Waals surface area (Å²) in [5, 5.41) is 9.20. The van der Waals surface area contributed by atoms with Crippen LogP contribution in [0.1, 0.15) is 15.9 Å². The fourth-order valence-electron chi connectivity index (χ4n) is 2.52. The molecule has 0 amide bonds. The van der Waals surface area contributed by atoms with Crippen LogP contribution in [-0.4, -0.2) is 36.0 Å². The molecule has 6 heteroatoms. The first-order chi connectivity index (χ1) is 13.1. The number of aromatic nitrogens is 2. The second-order valence-corrected chi connectivity index (χ2v) is 6.90. The van der Waals surface area contributed by atoms with Crippen molar-refractivity contribution in [2.75, 3.05) is 20.0 Å². The molecule has 138 valence electrons. The van der Waals surface area contributed by atoms with E-state index in [0.29, 0.717) is 27.8 Å². The van der Waals surface area contributed by atoms with Crippen LogP contribution in [0.2, 0.25) is 0 Å². The third kappa shape index (κ3) is 4.65. The maximum atomic E-state index is 12.3. The summed E-state index contributed by atoms with van der Waals surface area (Å²) in [6.45, 7) is 2.00. The van der Waals surface area contributed by atoms with Crippen LogP contribution in [0.3, 0.4) is 0 Å². The number of nitrogens with zero attached hydrogens (tertiary/aromatic N) is 2. The van der Waals surface area contributed by atoms with Gasteiger partial charge < -0.3 is 9.47 Å². The Labute approximate surface area is 162 Å². The van der Waals surface area contributed by atoms with Crippen molar-refractivity contribution >= 4 is 17.5 Å². The van der Waals surface area contributed by atoms with Crippen molar-refractivity contribution in [3.8, 4) is 22.8 Å². The fourth-order valence-corrected chi connectivity index (χ4v) is 3.23. The van der Waals surface area contributed by atoms with Crippen molar-refractivity contribution in [1.29, 1.82) is 0 Å². The number of rotatable bonds is 7. The molecule has 0 saturated carbocycles. The summed E-state index contributed by atoms with van der Waals surface area (Å²) in [5.74, 6) is 1.80. The quantitative estimate of drug-likeness (QED) is 0.446. The van der Waals surface area contributed by atoms with Gasteiger partial charge in [-0.15, -0.1) is 10.2 Å². The zero-order valence-corrected chi connectivity index (χ0v) is 16.2. The van der Waals surface area contributed by atoms with Crippen molar-refractivity contribution < 1.29 is 14.3 Å². The van der Waals surface area contributed by atoms with Crippen LogP contribution in [0.15, 0.2) is 59.6 Å². The van der Waals surface area contributed by atoms with Crippen LogP contribution < -0.4 is 9.47 Å². The van der Waals surface area contributed by atoms with Gasteiger partial charge in [0, 0.05) is 11.1 Å². The Bertz CT molecular complexity index is 925. The number of carbonyl (C=O) groups is 1. The zero-order valence-electron chi connectivity index (χ0n) is 15.4. The molecule has 0 radical (unpaired) electrons. The minimum Gasteiger partial charge on any atom is -0.497 e. The van der Waals surface area contributed by atoms with Crippen molar-refractivity contribution in [1.82, 2.24) is 10.2 Å². The summed E-state index contributed by atoms with van der Waals surface area (Å²) in [7, 11) is 3.22. The van der Waals surface area contributed by atoms with Gasteiger partial charge in [-0.25, -0.2) is 0 Å². The number of Topliss-reactive ketones (excluding diaryl/α,β-unsaturated/α-hetero) is 1. The van der Waals surface area contributed by atoms with Gasteiger partial charge in [-0.2, -0.15) is 0 Å². The first-order valence-corrected chi connectivity index (χ1v) is 9.38. The molecule has 0 aliphatic carbocycles. The van der Waals surface area contributed by atoms with Gasteiger partial charge in [-0.05, 0) is 37.3 Å². The Hall–Kier alpha value is -2.86. The lowest BCUT2D eigenvalue weighted by atomic mass is 10.1. The van der Waals surface area contributed by atoms with E-state index in [9.17, 15) is 4.79 Å². The molecular formula is C21H20N2O3S. The maximum Gasteiger partial charge on any atom is 0.173 e. The molecule has 0 fully saturated rings. The molecule has 0 unspecified atom stereocenters. The molecule has 0 bridgehead atoms. The highest BCUT2D eigenvalue weighted by atomic mass is 32.2. The van der Waals surface area contributed by atoms with Gasteiger partial charge in [0.1, 0.15) is 16.5 Å². The summed E-state index contributed by atoms with van der Waals surface area (Å²) in [6, 6.07) is 16.8. The Morgan fingerprint density at radius 1 is 0.963 bits per heavy atom. The number of methoxy groups -OCH3 is 2. The van der Waals surface area contributed by atoms with Crippen LogP contribution in [-0.2, 0) is 0 Å². The first kappa shape index (κ1) is 18.9. The summed E-state index contributed by atoms with van der Waals surface area (Å²) >= 11 is 1.37. The summed E-state index contributed by atoms with van der Waals surface area (Å²) < 4.78 is 10.7. The van der Waals surface area contributed by atoms with Crippen molar-refractivity contribution in [2.24, 2.45) is 0 Å². The van der Waals surface area contributed by atoms with E-state index in [1.807, 2.05) is 61.5 Å². The number of hydrogen-bond acceptors (Lipinski definition) is 6. The normalized spacial score (nSPS) is 10.5. The largest absolute Gasteiger partial charge is 0.497 e. The van der Waals surface area contributed by atoms with E-state index in [1.165, 1.54) is 11.8 Å². The number of aryl methyl sites for hydroxylation is 1. The molecule has 3 rings (SSSR count). The molecule has 2 aromatic carbocycles. The fraction of sp³-hybridized carbons (Fsp3) is 0.190. The van der Waals surface area contributed by atoms with Crippen molar-refractivity contribution in [3.05, 3.63) is 65.7 Å².